The van der Waals surface area contributed by atoms with Crippen LogP contribution in [0.1, 0.15) is 11.1 Å². The van der Waals surface area contributed by atoms with Gasteiger partial charge in [0, 0.05) is 5.69 Å². The zero-order valence-corrected chi connectivity index (χ0v) is 17.9. The van der Waals surface area contributed by atoms with Crippen molar-refractivity contribution in [1.29, 1.82) is 0 Å². The molecule has 0 saturated heterocycles. The van der Waals surface area contributed by atoms with Gasteiger partial charge in [0.2, 0.25) is 5.91 Å². The molecule has 0 radical (unpaired) electrons. The van der Waals surface area contributed by atoms with Crippen LogP contribution in [-0.4, -0.2) is 21.2 Å². The topological polar surface area (TPSA) is 64.0 Å². The lowest BCUT2D eigenvalue weighted by molar-refractivity contribution is -0.113. The van der Waals surface area contributed by atoms with Crippen LogP contribution >= 0.6 is 23.1 Å². The van der Waals surface area contributed by atoms with Crippen LogP contribution in [0.15, 0.2) is 63.9 Å². The third-order valence-corrected chi connectivity index (χ3v) is 6.49. The first kappa shape index (κ1) is 20.3. The first-order valence-corrected chi connectivity index (χ1v) is 11.0. The van der Waals surface area contributed by atoms with Crippen LogP contribution < -0.4 is 10.9 Å². The molecule has 2 aromatic heterocycles. The molecule has 2 aromatic carbocycles. The molecule has 5 nitrogen and oxygen atoms in total. The molecule has 1 N–H and O–H groups in total. The van der Waals surface area contributed by atoms with Crippen molar-refractivity contribution in [2.75, 3.05) is 11.1 Å². The number of thioether (sulfide) groups is 1. The zero-order valence-electron chi connectivity index (χ0n) is 16.3. The Hall–Kier alpha value is -2.97. The van der Waals surface area contributed by atoms with Crippen LogP contribution in [0, 0.1) is 19.7 Å². The largest absolute Gasteiger partial charge is 0.325 e. The second kappa shape index (κ2) is 8.41. The summed E-state index contributed by atoms with van der Waals surface area (Å²) in [4.78, 5) is 30.2. The molecule has 0 atom stereocenters. The minimum absolute atomic E-state index is 0.0598. The number of hydrogen-bond donors (Lipinski definition) is 1. The van der Waals surface area contributed by atoms with Crippen molar-refractivity contribution in [3.05, 3.63) is 81.2 Å². The van der Waals surface area contributed by atoms with Gasteiger partial charge < -0.3 is 5.32 Å². The van der Waals surface area contributed by atoms with E-state index in [2.05, 4.69) is 10.3 Å². The molecule has 4 rings (SSSR count). The number of hydrogen-bond acceptors (Lipinski definition) is 5. The number of thiophene rings is 1. The van der Waals surface area contributed by atoms with E-state index in [9.17, 15) is 14.0 Å². The molecular formula is C22H18FN3O2S2. The van der Waals surface area contributed by atoms with Crippen LogP contribution in [0.25, 0.3) is 15.9 Å². The van der Waals surface area contributed by atoms with Crippen molar-refractivity contribution in [2.24, 2.45) is 0 Å². The molecule has 8 heteroatoms. The molecule has 30 heavy (non-hydrogen) atoms. The number of nitrogens with one attached hydrogen (secondary N) is 1. The number of rotatable bonds is 5. The number of benzene rings is 2. The number of carbonyl (C=O) groups excluding carboxylic acids is 1. The standard InChI is InChI=1S/C22H18FN3O2S2/c1-13-3-8-17(11-14(13)2)26-21(28)20-18(9-10-29-20)25-22(26)30-12-19(27)24-16-6-4-15(23)5-7-16/h3-11H,12H2,1-2H3,(H,24,27). The predicted octanol–water partition coefficient (Wildman–Crippen LogP) is 4.93. The van der Waals surface area contributed by atoms with Crippen LogP contribution in [-0.2, 0) is 4.79 Å². The maximum atomic E-state index is 13.2. The van der Waals surface area contributed by atoms with Gasteiger partial charge in [0.25, 0.3) is 5.56 Å². The number of nitrogens with zero attached hydrogens (tertiary/aromatic N) is 2. The van der Waals surface area contributed by atoms with Crippen molar-refractivity contribution in [1.82, 2.24) is 9.55 Å². The highest BCUT2D eigenvalue weighted by atomic mass is 32.2. The average molecular weight is 440 g/mol. The number of amides is 1. The van der Waals surface area contributed by atoms with E-state index in [0.717, 1.165) is 11.1 Å². The van der Waals surface area contributed by atoms with E-state index < -0.39 is 0 Å². The number of carbonyl (C=O) groups is 1. The van der Waals surface area contributed by atoms with E-state index in [1.807, 2.05) is 37.4 Å². The minimum Gasteiger partial charge on any atom is -0.325 e. The summed E-state index contributed by atoms with van der Waals surface area (Å²) in [5, 5.41) is 5.00. The number of anilines is 1. The molecule has 0 aliphatic heterocycles. The Morgan fingerprint density at radius 3 is 2.63 bits per heavy atom. The lowest BCUT2D eigenvalue weighted by Crippen LogP contribution is -2.22. The molecule has 152 valence electrons. The fourth-order valence-electron chi connectivity index (χ4n) is 2.94. The Balaban J connectivity index is 1.65. The van der Waals surface area contributed by atoms with Gasteiger partial charge in [-0.2, -0.15) is 0 Å². The monoisotopic (exact) mass is 439 g/mol. The molecule has 1 amide bonds. The Morgan fingerprint density at radius 2 is 1.90 bits per heavy atom. The molecule has 0 bridgehead atoms. The van der Waals surface area contributed by atoms with E-state index in [0.29, 0.717) is 26.7 Å². The molecule has 0 aliphatic rings. The van der Waals surface area contributed by atoms with Gasteiger partial charge in [-0.3, -0.25) is 14.2 Å². The molecule has 0 fully saturated rings. The quantitative estimate of drug-likeness (QED) is 0.354. The maximum absolute atomic E-state index is 13.2. The highest BCUT2D eigenvalue weighted by molar-refractivity contribution is 7.99. The minimum atomic E-state index is -0.368. The van der Waals surface area contributed by atoms with Crippen molar-refractivity contribution in [3.63, 3.8) is 0 Å². The van der Waals surface area contributed by atoms with E-state index >= 15 is 0 Å². The second-order valence-electron chi connectivity index (χ2n) is 6.78. The summed E-state index contributed by atoms with van der Waals surface area (Å²) < 4.78 is 15.2. The molecule has 0 unspecified atom stereocenters. The lowest BCUT2D eigenvalue weighted by Gasteiger charge is -2.13. The number of fused-ring (bicyclic) bond motifs is 1. The van der Waals surface area contributed by atoms with Crippen molar-refractivity contribution in [3.8, 4) is 5.69 Å². The Morgan fingerprint density at radius 1 is 1.13 bits per heavy atom. The summed E-state index contributed by atoms with van der Waals surface area (Å²) in [7, 11) is 0. The number of aromatic nitrogens is 2. The Kier molecular flexibility index (Phi) is 5.69. The van der Waals surface area contributed by atoms with E-state index in [1.54, 1.807) is 10.6 Å². The van der Waals surface area contributed by atoms with Gasteiger partial charge in [-0.25, -0.2) is 9.37 Å². The Bertz CT molecular complexity index is 1300. The average Bonchev–Trinajstić information content (AvgIpc) is 3.19. The van der Waals surface area contributed by atoms with Gasteiger partial charge in [0.05, 0.1) is 17.0 Å². The van der Waals surface area contributed by atoms with E-state index in [1.165, 1.54) is 47.4 Å². The van der Waals surface area contributed by atoms with Crippen LogP contribution in [0.4, 0.5) is 10.1 Å². The van der Waals surface area contributed by atoms with Gasteiger partial charge in [-0.15, -0.1) is 11.3 Å². The highest BCUT2D eigenvalue weighted by Crippen LogP contribution is 2.25. The summed E-state index contributed by atoms with van der Waals surface area (Å²) in [5.41, 5.74) is 3.88. The molecule has 0 aliphatic carbocycles. The highest BCUT2D eigenvalue weighted by Gasteiger charge is 2.16. The summed E-state index contributed by atoms with van der Waals surface area (Å²) >= 11 is 2.54. The first-order valence-electron chi connectivity index (χ1n) is 9.18. The van der Waals surface area contributed by atoms with Crippen LogP contribution in [0.3, 0.4) is 0 Å². The van der Waals surface area contributed by atoms with Gasteiger partial charge in [0.1, 0.15) is 10.5 Å². The molecule has 0 saturated carbocycles. The summed E-state index contributed by atoms with van der Waals surface area (Å²) in [6.45, 7) is 4.00. The third-order valence-electron chi connectivity index (χ3n) is 4.66. The van der Waals surface area contributed by atoms with Gasteiger partial charge in [-0.1, -0.05) is 17.8 Å². The summed E-state index contributed by atoms with van der Waals surface area (Å²) in [6.07, 6.45) is 0. The first-order chi connectivity index (χ1) is 14.4. The van der Waals surface area contributed by atoms with Crippen molar-refractivity contribution >= 4 is 44.9 Å². The molecule has 2 heterocycles. The lowest BCUT2D eigenvalue weighted by atomic mass is 10.1. The molecule has 4 aromatic rings. The predicted molar refractivity (Wildman–Crippen MR) is 120 cm³/mol. The van der Waals surface area contributed by atoms with E-state index in [4.69, 9.17) is 0 Å². The Labute approximate surface area is 180 Å². The number of halogens is 1. The van der Waals surface area contributed by atoms with Crippen LogP contribution in [0.5, 0.6) is 0 Å². The normalized spacial score (nSPS) is 11.0. The van der Waals surface area contributed by atoms with Gasteiger partial charge in [-0.05, 0) is 72.8 Å². The fraction of sp³-hybridized carbons (Fsp3) is 0.136. The van der Waals surface area contributed by atoms with Gasteiger partial charge in [0.15, 0.2) is 5.16 Å². The van der Waals surface area contributed by atoms with Crippen molar-refractivity contribution in [2.45, 2.75) is 19.0 Å². The second-order valence-corrected chi connectivity index (χ2v) is 8.64. The third kappa shape index (κ3) is 4.15. The molecule has 0 spiro atoms. The summed E-state index contributed by atoms with van der Waals surface area (Å²) in [5.74, 6) is -0.574. The van der Waals surface area contributed by atoms with Crippen molar-refractivity contribution < 1.29 is 9.18 Å². The fourth-order valence-corrected chi connectivity index (χ4v) is 4.51. The zero-order chi connectivity index (χ0) is 21.3. The number of aryl methyl sites for hydroxylation is 2. The van der Waals surface area contributed by atoms with Gasteiger partial charge >= 0.3 is 0 Å². The smallest absolute Gasteiger partial charge is 0.276 e. The summed E-state index contributed by atoms with van der Waals surface area (Å²) in [6, 6.07) is 13.2. The maximum Gasteiger partial charge on any atom is 0.276 e. The van der Waals surface area contributed by atoms with E-state index in [-0.39, 0.29) is 23.0 Å². The molecular weight excluding hydrogens is 421 g/mol. The SMILES string of the molecule is Cc1ccc(-n2c(SCC(=O)Nc3ccc(F)cc3)nc3ccsc3c2=O)cc1C. The van der Waals surface area contributed by atoms with Crippen LogP contribution in [0.2, 0.25) is 0 Å².